The molecule has 0 unspecified atom stereocenters. The van der Waals surface area contributed by atoms with Crippen LogP contribution in [0.3, 0.4) is 0 Å². The van der Waals surface area contributed by atoms with Crippen LogP contribution in [0, 0.1) is 0 Å². The number of anilines is 1. The van der Waals surface area contributed by atoms with Gasteiger partial charge in [-0.05, 0) is 65.9 Å². The first-order valence-corrected chi connectivity index (χ1v) is 9.70. The number of amides is 1. The molecule has 1 amide bonds. The molecule has 3 aromatic carbocycles. The predicted molar refractivity (Wildman–Crippen MR) is 111 cm³/mol. The quantitative estimate of drug-likeness (QED) is 0.615. The van der Waals surface area contributed by atoms with Gasteiger partial charge in [-0.15, -0.1) is 12.6 Å². The second-order valence-corrected chi connectivity index (χ2v) is 7.75. The van der Waals surface area contributed by atoms with Gasteiger partial charge in [0, 0.05) is 10.6 Å². The fraction of sp³-hybridized carbons (Fsp3) is 0.174. The van der Waals surface area contributed by atoms with E-state index < -0.39 is 5.41 Å². The third-order valence-electron chi connectivity index (χ3n) is 5.43. The van der Waals surface area contributed by atoms with Crippen LogP contribution in [0.1, 0.15) is 18.4 Å². The monoisotopic (exact) mass is 389 g/mol. The van der Waals surface area contributed by atoms with Crippen LogP contribution in [0.2, 0.25) is 0 Å². The van der Waals surface area contributed by atoms with Crippen LogP contribution in [-0.2, 0) is 10.2 Å². The zero-order valence-electron chi connectivity index (χ0n) is 15.1. The van der Waals surface area contributed by atoms with E-state index in [1.807, 2.05) is 66.7 Å². The Labute approximate surface area is 168 Å². The largest absolute Gasteiger partial charge is 0.454 e. The summed E-state index contributed by atoms with van der Waals surface area (Å²) in [7, 11) is 0. The molecule has 5 heteroatoms. The number of benzene rings is 3. The first-order chi connectivity index (χ1) is 13.6. The number of carbonyl (C=O) groups is 1. The summed E-state index contributed by atoms with van der Waals surface area (Å²) >= 11 is 4.33. The Kier molecular flexibility index (Phi) is 4.05. The number of nitrogens with one attached hydrogen (secondary N) is 1. The predicted octanol–water partition coefficient (Wildman–Crippen LogP) is 5.04. The van der Waals surface area contributed by atoms with E-state index in [-0.39, 0.29) is 12.7 Å². The molecule has 1 saturated carbocycles. The molecule has 5 rings (SSSR count). The molecule has 0 saturated heterocycles. The summed E-state index contributed by atoms with van der Waals surface area (Å²) in [6, 6.07) is 21.7. The van der Waals surface area contributed by atoms with Gasteiger partial charge in [-0.3, -0.25) is 4.79 Å². The van der Waals surface area contributed by atoms with Crippen molar-refractivity contribution in [2.75, 3.05) is 12.1 Å². The van der Waals surface area contributed by atoms with Crippen LogP contribution in [0.5, 0.6) is 11.5 Å². The van der Waals surface area contributed by atoms with Gasteiger partial charge in [0.05, 0.1) is 5.41 Å². The number of hydrogen-bond acceptors (Lipinski definition) is 4. The topological polar surface area (TPSA) is 47.6 Å². The lowest BCUT2D eigenvalue weighted by Crippen LogP contribution is -2.27. The van der Waals surface area contributed by atoms with E-state index in [4.69, 9.17) is 9.47 Å². The maximum atomic E-state index is 13.1. The fourth-order valence-corrected chi connectivity index (χ4v) is 3.80. The van der Waals surface area contributed by atoms with Crippen LogP contribution in [0.25, 0.3) is 11.1 Å². The van der Waals surface area contributed by atoms with Crippen LogP contribution in [0.15, 0.2) is 71.6 Å². The van der Waals surface area contributed by atoms with Crippen LogP contribution in [-0.4, -0.2) is 12.7 Å². The van der Waals surface area contributed by atoms with E-state index in [1.165, 1.54) is 0 Å². The zero-order valence-corrected chi connectivity index (χ0v) is 16.0. The van der Waals surface area contributed by atoms with Crippen molar-refractivity contribution >= 4 is 24.2 Å². The van der Waals surface area contributed by atoms with Crippen molar-refractivity contribution in [1.29, 1.82) is 0 Å². The number of thiol groups is 1. The Morgan fingerprint density at radius 1 is 0.893 bits per heavy atom. The summed E-state index contributed by atoms with van der Waals surface area (Å²) in [6.45, 7) is 0.235. The molecule has 0 spiro atoms. The highest BCUT2D eigenvalue weighted by molar-refractivity contribution is 7.80. The van der Waals surface area contributed by atoms with Crippen LogP contribution < -0.4 is 14.8 Å². The highest BCUT2D eigenvalue weighted by Crippen LogP contribution is 2.51. The Bertz CT molecular complexity index is 1060. The van der Waals surface area contributed by atoms with Crippen LogP contribution >= 0.6 is 12.6 Å². The van der Waals surface area contributed by atoms with Gasteiger partial charge in [0.15, 0.2) is 11.5 Å². The number of fused-ring (bicyclic) bond motifs is 1. The maximum absolute atomic E-state index is 13.1. The Morgan fingerprint density at radius 3 is 2.46 bits per heavy atom. The molecule has 0 atom stereocenters. The average molecular weight is 389 g/mol. The van der Waals surface area contributed by atoms with E-state index in [2.05, 4.69) is 17.9 Å². The number of carbonyl (C=O) groups excluding carboxylic acids is 1. The summed E-state index contributed by atoms with van der Waals surface area (Å²) in [6.07, 6.45) is 1.67. The van der Waals surface area contributed by atoms with Gasteiger partial charge in [0.25, 0.3) is 0 Å². The molecule has 1 heterocycles. The van der Waals surface area contributed by atoms with Gasteiger partial charge in [-0.2, -0.15) is 0 Å². The molecule has 4 nitrogen and oxygen atoms in total. The SMILES string of the molecule is O=C(Nc1cccc(-c2ccc(S)cc2)c1)C1(c2ccc3c(c2)OCO3)CC1. The normalized spacial score (nSPS) is 15.9. The van der Waals surface area contributed by atoms with Gasteiger partial charge in [0.2, 0.25) is 12.7 Å². The first-order valence-electron chi connectivity index (χ1n) is 9.25. The van der Waals surface area contributed by atoms with Crippen molar-refractivity contribution in [3.8, 4) is 22.6 Å². The summed E-state index contributed by atoms with van der Waals surface area (Å²) < 4.78 is 10.9. The highest BCUT2D eigenvalue weighted by atomic mass is 32.1. The molecule has 140 valence electrons. The minimum atomic E-state index is -0.481. The molecule has 2 aliphatic rings. The molecule has 3 aromatic rings. The third-order valence-corrected chi connectivity index (χ3v) is 5.73. The number of rotatable bonds is 4. The molecule has 1 aliphatic heterocycles. The first kappa shape index (κ1) is 17.2. The van der Waals surface area contributed by atoms with Gasteiger partial charge in [-0.1, -0.05) is 30.3 Å². The van der Waals surface area contributed by atoms with E-state index in [9.17, 15) is 4.79 Å². The van der Waals surface area contributed by atoms with E-state index in [0.29, 0.717) is 5.75 Å². The second kappa shape index (κ2) is 6.60. The van der Waals surface area contributed by atoms with Gasteiger partial charge < -0.3 is 14.8 Å². The van der Waals surface area contributed by atoms with E-state index in [1.54, 1.807) is 0 Å². The Morgan fingerprint density at radius 2 is 1.68 bits per heavy atom. The lowest BCUT2D eigenvalue weighted by Gasteiger charge is -2.17. The Balaban J connectivity index is 1.38. The van der Waals surface area contributed by atoms with Crippen molar-refractivity contribution in [2.45, 2.75) is 23.2 Å². The van der Waals surface area contributed by atoms with Gasteiger partial charge in [0.1, 0.15) is 0 Å². The van der Waals surface area contributed by atoms with Gasteiger partial charge >= 0.3 is 0 Å². The lowest BCUT2D eigenvalue weighted by atomic mass is 9.94. The van der Waals surface area contributed by atoms with Crippen molar-refractivity contribution < 1.29 is 14.3 Å². The molecule has 1 N–H and O–H groups in total. The van der Waals surface area contributed by atoms with Crippen molar-refractivity contribution in [3.05, 3.63) is 72.3 Å². The Hall–Kier alpha value is -2.92. The molecule has 0 radical (unpaired) electrons. The maximum Gasteiger partial charge on any atom is 0.235 e. The van der Waals surface area contributed by atoms with Crippen molar-refractivity contribution in [3.63, 3.8) is 0 Å². The van der Waals surface area contributed by atoms with Gasteiger partial charge in [-0.25, -0.2) is 0 Å². The average Bonchev–Trinajstić information content (AvgIpc) is 3.40. The molecular formula is C23H19NO3S. The lowest BCUT2D eigenvalue weighted by molar-refractivity contribution is -0.118. The zero-order chi connectivity index (χ0) is 19.1. The van der Waals surface area contributed by atoms with Crippen molar-refractivity contribution in [1.82, 2.24) is 0 Å². The number of hydrogen-bond donors (Lipinski definition) is 2. The smallest absolute Gasteiger partial charge is 0.235 e. The van der Waals surface area contributed by atoms with Crippen LogP contribution in [0.4, 0.5) is 5.69 Å². The molecule has 0 bridgehead atoms. The number of ether oxygens (including phenoxy) is 2. The van der Waals surface area contributed by atoms with E-state index in [0.717, 1.165) is 45.9 Å². The van der Waals surface area contributed by atoms with Crippen molar-refractivity contribution in [2.24, 2.45) is 0 Å². The molecular weight excluding hydrogens is 370 g/mol. The third kappa shape index (κ3) is 3.02. The minimum absolute atomic E-state index is 0.0224. The van der Waals surface area contributed by atoms with E-state index >= 15 is 0 Å². The molecule has 1 fully saturated rings. The second-order valence-electron chi connectivity index (χ2n) is 7.23. The summed E-state index contributed by atoms with van der Waals surface area (Å²) in [4.78, 5) is 14.0. The fourth-order valence-electron chi connectivity index (χ4n) is 3.65. The molecule has 1 aliphatic carbocycles. The minimum Gasteiger partial charge on any atom is -0.454 e. The standard InChI is InChI=1S/C23H19NO3S/c25-22(23(10-11-23)17-6-9-20-21(13-17)27-14-26-20)24-18-3-1-2-16(12-18)15-4-7-19(28)8-5-15/h1-9,12-13,28H,10-11,14H2,(H,24,25). The highest BCUT2D eigenvalue weighted by Gasteiger charge is 2.51. The summed E-state index contributed by atoms with van der Waals surface area (Å²) in [5.41, 5.74) is 3.44. The summed E-state index contributed by atoms with van der Waals surface area (Å²) in [5, 5.41) is 3.11. The molecule has 28 heavy (non-hydrogen) atoms. The summed E-state index contributed by atoms with van der Waals surface area (Å²) in [5.74, 6) is 1.47. The molecule has 0 aromatic heterocycles.